The van der Waals surface area contributed by atoms with Crippen LogP contribution < -0.4 is 5.63 Å². The summed E-state index contributed by atoms with van der Waals surface area (Å²) in [6.07, 6.45) is 3.93. The second-order valence-electron chi connectivity index (χ2n) is 3.76. The Bertz CT molecular complexity index is 612. The summed E-state index contributed by atoms with van der Waals surface area (Å²) in [7, 11) is 0. The van der Waals surface area contributed by atoms with Crippen molar-refractivity contribution in [3.05, 3.63) is 70.0 Å². The first kappa shape index (κ1) is 12.1. The van der Waals surface area contributed by atoms with Crippen molar-refractivity contribution in [2.75, 3.05) is 0 Å². The zero-order valence-corrected chi connectivity index (χ0v) is 9.47. The largest absolute Gasteiger partial charge is 0.508 e. The molecule has 18 heavy (non-hydrogen) atoms. The Balaban J connectivity index is 2.07. The van der Waals surface area contributed by atoms with Crippen LogP contribution in [0.1, 0.15) is 11.3 Å². The van der Waals surface area contributed by atoms with E-state index >= 15 is 0 Å². The van der Waals surface area contributed by atoms with E-state index in [2.05, 4.69) is 0 Å². The Morgan fingerprint density at radius 3 is 2.61 bits per heavy atom. The van der Waals surface area contributed by atoms with E-state index < -0.39 is 5.63 Å². The minimum Gasteiger partial charge on any atom is -0.508 e. The fourth-order valence-electron chi connectivity index (χ4n) is 1.50. The highest BCUT2D eigenvalue weighted by molar-refractivity contribution is 5.49. The molecule has 0 unspecified atom stereocenters. The predicted molar refractivity (Wildman–Crippen MR) is 65.8 cm³/mol. The molecule has 0 atom stereocenters. The van der Waals surface area contributed by atoms with Crippen LogP contribution in [0.4, 0.5) is 4.39 Å². The molecule has 92 valence electrons. The number of benzene rings is 1. The van der Waals surface area contributed by atoms with Gasteiger partial charge in [0.1, 0.15) is 17.3 Å². The third-order valence-corrected chi connectivity index (χ3v) is 2.31. The summed E-state index contributed by atoms with van der Waals surface area (Å²) in [5, 5.41) is 9.22. The zero-order chi connectivity index (χ0) is 13.0. The molecule has 0 aliphatic heterocycles. The Hall–Kier alpha value is -2.36. The van der Waals surface area contributed by atoms with E-state index in [0.29, 0.717) is 12.2 Å². The monoisotopic (exact) mass is 246 g/mol. The quantitative estimate of drug-likeness (QED) is 0.905. The fourth-order valence-corrected chi connectivity index (χ4v) is 1.50. The third-order valence-electron chi connectivity index (χ3n) is 2.31. The van der Waals surface area contributed by atoms with Gasteiger partial charge in [-0.25, -0.2) is 9.18 Å². The van der Waals surface area contributed by atoms with Crippen molar-refractivity contribution in [2.24, 2.45) is 0 Å². The Morgan fingerprint density at radius 1 is 1.22 bits per heavy atom. The van der Waals surface area contributed by atoms with Crippen molar-refractivity contribution in [3.63, 3.8) is 0 Å². The predicted octanol–water partition coefficient (Wildman–Crippen LogP) is 2.74. The normalized spacial score (nSPS) is 10.9. The van der Waals surface area contributed by atoms with Gasteiger partial charge < -0.3 is 9.52 Å². The van der Waals surface area contributed by atoms with Crippen molar-refractivity contribution < 1.29 is 13.9 Å². The van der Waals surface area contributed by atoms with Gasteiger partial charge in [-0.05, 0) is 17.7 Å². The minimum absolute atomic E-state index is 0.114. The Labute approximate surface area is 103 Å². The molecule has 2 aromatic rings. The van der Waals surface area contributed by atoms with Gasteiger partial charge in [-0.15, -0.1) is 0 Å². The van der Waals surface area contributed by atoms with E-state index in [9.17, 15) is 14.3 Å². The molecule has 1 heterocycles. The van der Waals surface area contributed by atoms with Crippen LogP contribution in [0.3, 0.4) is 0 Å². The summed E-state index contributed by atoms with van der Waals surface area (Å²) in [5.74, 6) is -0.0269. The highest BCUT2D eigenvalue weighted by Crippen LogP contribution is 2.10. The van der Waals surface area contributed by atoms with E-state index in [1.165, 1.54) is 18.2 Å². The molecule has 0 saturated carbocycles. The topological polar surface area (TPSA) is 50.4 Å². The van der Waals surface area contributed by atoms with E-state index in [0.717, 1.165) is 11.6 Å². The van der Waals surface area contributed by atoms with Crippen LogP contribution in [0.15, 0.2) is 51.7 Å². The van der Waals surface area contributed by atoms with Crippen LogP contribution in [0.25, 0.3) is 6.08 Å². The SMILES string of the molecule is O=c1cc(O)cc(C/C=C/c2ccc(F)cc2)o1. The molecule has 1 aromatic carbocycles. The first-order valence-electron chi connectivity index (χ1n) is 5.38. The fraction of sp³-hybridized carbons (Fsp3) is 0.0714. The summed E-state index contributed by atoms with van der Waals surface area (Å²) < 4.78 is 17.5. The van der Waals surface area contributed by atoms with Crippen molar-refractivity contribution in [1.82, 2.24) is 0 Å². The molecule has 0 aliphatic rings. The molecule has 0 aliphatic carbocycles. The van der Waals surface area contributed by atoms with Gasteiger partial charge in [0.2, 0.25) is 0 Å². The molecule has 0 amide bonds. The third kappa shape index (κ3) is 3.31. The van der Waals surface area contributed by atoms with Gasteiger partial charge >= 0.3 is 5.63 Å². The number of hydrogen-bond acceptors (Lipinski definition) is 3. The van der Waals surface area contributed by atoms with E-state index in [1.54, 1.807) is 24.3 Å². The maximum absolute atomic E-state index is 12.7. The summed E-state index contributed by atoms with van der Waals surface area (Å²) >= 11 is 0. The molecular weight excluding hydrogens is 235 g/mol. The average Bonchev–Trinajstić information content (AvgIpc) is 2.30. The van der Waals surface area contributed by atoms with Crippen LogP contribution in [0.5, 0.6) is 5.75 Å². The highest BCUT2D eigenvalue weighted by atomic mass is 19.1. The van der Waals surface area contributed by atoms with Crippen molar-refractivity contribution in [1.29, 1.82) is 0 Å². The van der Waals surface area contributed by atoms with E-state index in [4.69, 9.17) is 4.42 Å². The lowest BCUT2D eigenvalue weighted by Crippen LogP contribution is -1.97. The van der Waals surface area contributed by atoms with Crippen molar-refractivity contribution in [3.8, 4) is 5.75 Å². The lowest BCUT2D eigenvalue weighted by atomic mass is 10.2. The van der Waals surface area contributed by atoms with Gasteiger partial charge in [-0.2, -0.15) is 0 Å². The summed E-state index contributed by atoms with van der Waals surface area (Å²) in [6, 6.07) is 8.42. The smallest absolute Gasteiger partial charge is 0.339 e. The number of hydrogen-bond donors (Lipinski definition) is 1. The van der Waals surface area contributed by atoms with Gasteiger partial charge in [0.15, 0.2) is 0 Å². The van der Waals surface area contributed by atoms with Gasteiger partial charge in [0, 0.05) is 12.5 Å². The standard InChI is InChI=1S/C14H11FO3/c15-11-6-4-10(5-7-11)2-1-3-13-8-12(16)9-14(17)18-13/h1-2,4-9,16H,3H2/b2-1+. The van der Waals surface area contributed by atoms with Crippen LogP contribution >= 0.6 is 0 Å². The molecule has 1 N–H and O–H groups in total. The molecule has 0 saturated heterocycles. The first-order valence-corrected chi connectivity index (χ1v) is 5.38. The average molecular weight is 246 g/mol. The van der Waals surface area contributed by atoms with E-state index in [-0.39, 0.29) is 11.6 Å². The molecule has 2 rings (SSSR count). The molecule has 1 aromatic heterocycles. The second kappa shape index (κ2) is 5.31. The molecule has 0 spiro atoms. The van der Waals surface area contributed by atoms with Crippen LogP contribution in [0.2, 0.25) is 0 Å². The Kier molecular flexibility index (Phi) is 3.57. The second-order valence-corrected chi connectivity index (χ2v) is 3.76. The summed E-state index contributed by atoms with van der Waals surface area (Å²) in [4.78, 5) is 11.0. The van der Waals surface area contributed by atoms with Crippen LogP contribution in [-0.2, 0) is 6.42 Å². The molecular formula is C14H11FO3. The maximum atomic E-state index is 12.7. The van der Waals surface area contributed by atoms with Gasteiger partial charge in [0.25, 0.3) is 0 Å². The molecule has 0 bridgehead atoms. The summed E-state index contributed by atoms with van der Waals surface area (Å²) in [6.45, 7) is 0. The molecule has 0 radical (unpaired) electrons. The minimum atomic E-state index is -0.583. The zero-order valence-electron chi connectivity index (χ0n) is 9.47. The van der Waals surface area contributed by atoms with Crippen LogP contribution in [-0.4, -0.2) is 5.11 Å². The number of halogens is 1. The van der Waals surface area contributed by atoms with Gasteiger partial charge in [-0.1, -0.05) is 24.3 Å². The maximum Gasteiger partial charge on any atom is 0.339 e. The highest BCUT2D eigenvalue weighted by Gasteiger charge is 1.98. The molecule has 3 nitrogen and oxygen atoms in total. The lowest BCUT2D eigenvalue weighted by Gasteiger charge is -1.96. The van der Waals surface area contributed by atoms with Gasteiger partial charge in [-0.3, -0.25) is 0 Å². The molecule has 0 fully saturated rings. The van der Waals surface area contributed by atoms with E-state index in [1.807, 2.05) is 0 Å². The van der Waals surface area contributed by atoms with Crippen LogP contribution in [0, 0.1) is 5.82 Å². The summed E-state index contributed by atoms with van der Waals surface area (Å²) in [5.41, 5.74) is 0.263. The van der Waals surface area contributed by atoms with Crippen molar-refractivity contribution in [2.45, 2.75) is 6.42 Å². The Morgan fingerprint density at radius 2 is 1.94 bits per heavy atom. The first-order chi connectivity index (χ1) is 8.63. The van der Waals surface area contributed by atoms with Gasteiger partial charge in [0.05, 0.1) is 6.07 Å². The number of aromatic hydroxyl groups is 1. The number of allylic oxidation sites excluding steroid dienone is 1. The lowest BCUT2D eigenvalue weighted by molar-refractivity contribution is 0.429. The number of rotatable bonds is 3. The van der Waals surface area contributed by atoms with Crippen molar-refractivity contribution >= 4 is 6.08 Å². The molecule has 4 heteroatoms.